The minimum Gasteiger partial charge on any atom is -0.192 e. The lowest BCUT2D eigenvalue weighted by Gasteiger charge is -2.24. The Kier molecular flexibility index (Phi) is 4.12. The third kappa shape index (κ3) is 3.38. The molecule has 0 aromatic heterocycles. The maximum Gasteiger partial charge on any atom is 0.0994 e. The SMILES string of the molecule is CCCC(C)(C)Cc1ccc(C#N)c(C)c1. The van der Waals surface area contributed by atoms with Crippen molar-refractivity contribution >= 4 is 0 Å². The summed E-state index contributed by atoms with van der Waals surface area (Å²) in [7, 11) is 0. The normalized spacial score (nSPS) is 11.2. The van der Waals surface area contributed by atoms with Crippen LogP contribution in [0.5, 0.6) is 0 Å². The van der Waals surface area contributed by atoms with E-state index >= 15 is 0 Å². The smallest absolute Gasteiger partial charge is 0.0994 e. The molecule has 0 aliphatic rings. The van der Waals surface area contributed by atoms with Gasteiger partial charge in [0, 0.05) is 0 Å². The van der Waals surface area contributed by atoms with Crippen molar-refractivity contribution in [1.29, 1.82) is 5.26 Å². The van der Waals surface area contributed by atoms with Crippen LogP contribution in [0.25, 0.3) is 0 Å². The van der Waals surface area contributed by atoms with Gasteiger partial charge in [-0.2, -0.15) is 5.26 Å². The van der Waals surface area contributed by atoms with Crippen molar-refractivity contribution in [2.45, 2.75) is 47.0 Å². The van der Waals surface area contributed by atoms with E-state index in [1.165, 1.54) is 18.4 Å². The summed E-state index contributed by atoms with van der Waals surface area (Å²) in [5, 5.41) is 8.88. The molecule has 1 rings (SSSR count). The van der Waals surface area contributed by atoms with Crippen LogP contribution in [0.4, 0.5) is 0 Å². The molecule has 0 saturated carbocycles. The first-order valence-corrected chi connectivity index (χ1v) is 5.98. The highest BCUT2D eigenvalue weighted by Gasteiger charge is 2.17. The molecule has 1 aromatic rings. The lowest BCUT2D eigenvalue weighted by Crippen LogP contribution is -2.14. The van der Waals surface area contributed by atoms with Gasteiger partial charge in [-0.15, -0.1) is 0 Å². The van der Waals surface area contributed by atoms with Crippen molar-refractivity contribution in [3.05, 3.63) is 34.9 Å². The zero-order chi connectivity index (χ0) is 12.2. The Bertz CT molecular complexity index is 396. The van der Waals surface area contributed by atoms with Gasteiger partial charge in [-0.1, -0.05) is 39.3 Å². The summed E-state index contributed by atoms with van der Waals surface area (Å²) < 4.78 is 0. The van der Waals surface area contributed by atoms with E-state index in [1.807, 2.05) is 13.0 Å². The van der Waals surface area contributed by atoms with Gasteiger partial charge in [0.25, 0.3) is 0 Å². The van der Waals surface area contributed by atoms with E-state index < -0.39 is 0 Å². The van der Waals surface area contributed by atoms with Gasteiger partial charge in [0.2, 0.25) is 0 Å². The Balaban J connectivity index is 2.84. The molecule has 0 unspecified atom stereocenters. The lowest BCUT2D eigenvalue weighted by atomic mass is 9.81. The zero-order valence-corrected chi connectivity index (χ0v) is 10.8. The van der Waals surface area contributed by atoms with Crippen LogP contribution < -0.4 is 0 Å². The average molecular weight is 215 g/mol. The first-order chi connectivity index (χ1) is 7.48. The highest BCUT2D eigenvalue weighted by molar-refractivity contribution is 5.39. The molecular formula is C15H21N. The Labute approximate surface area is 99.1 Å². The van der Waals surface area contributed by atoms with Crippen molar-refractivity contribution < 1.29 is 0 Å². The van der Waals surface area contributed by atoms with Crippen molar-refractivity contribution in [2.75, 3.05) is 0 Å². The average Bonchev–Trinajstić information content (AvgIpc) is 2.17. The highest BCUT2D eigenvalue weighted by atomic mass is 14.3. The summed E-state index contributed by atoms with van der Waals surface area (Å²) in [6, 6.07) is 8.38. The van der Waals surface area contributed by atoms with Gasteiger partial charge in [-0.05, 0) is 42.4 Å². The second-order valence-electron chi connectivity index (χ2n) is 5.35. The third-order valence-electron chi connectivity index (χ3n) is 3.02. The summed E-state index contributed by atoms with van der Waals surface area (Å²) in [5.74, 6) is 0. The summed E-state index contributed by atoms with van der Waals surface area (Å²) >= 11 is 0. The molecule has 0 saturated heterocycles. The number of benzene rings is 1. The fourth-order valence-electron chi connectivity index (χ4n) is 2.28. The number of hydrogen-bond acceptors (Lipinski definition) is 1. The van der Waals surface area contributed by atoms with E-state index in [1.54, 1.807) is 0 Å². The third-order valence-corrected chi connectivity index (χ3v) is 3.02. The number of aryl methyl sites for hydroxylation is 1. The quantitative estimate of drug-likeness (QED) is 0.737. The van der Waals surface area contributed by atoms with E-state index in [4.69, 9.17) is 5.26 Å². The molecule has 0 heterocycles. The van der Waals surface area contributed by atoms with Crippen molar-refractivity contribution in [2.24, 2.45) is 5.41 Å². The van der Waals surface area contributed by atoms with Crippen LogP contribution in [0.2, 0.25) is 0 Å². The summed E-state index contributed by atoms with van der Waals surface area (Å²) in [6.45, 7) is 8.86. The Morgan fingerprint density at radius 1 is 1.31 bits per heavy atom. The molecular weight excluding hydrogens is 194 g/mol. The molecule has 0 atom stereocenters. The van der Waals surface area contributed by atoms with Crippen LogP contribution >= 0.6 is 0 Å². The monoisotopic (exact) mass is 215 g/mol. The molecule has 1 heteroatoms. The molecule has 0 fully saturated rings. The Morgan fingerprint density at radius 2 is 2.00 bits per heavy atom. The predicted octanol–water partition coefficient (Wildman–Crippen LogP) is 4.24. The molecule has 0 bridgehead atoms. The molecule has 1 nitrogen and oxygen atoms in total. The van der Waals surface area contributed by atoms with Gasteiger partial charge < -0.3 is 0 Å². The Hall–Kier alpha value is -1.29. The van der Waals surface area contributed by atoms with E-state index in [0.717, 1.165) is 17.5 Å². The zero-order valence-electron chi connectivity index (χ0n) is 10.8. The lowest BCUT2D eigenvalue weighted by molar-refractivity contribution is 0.329. The van der Waals surface area contributed by atoms with Gasteiger partial charge in [-0.3, -0.25) is 0 Å². The van der Waals surface area contributed by atoms with E-state index in [0.29, 0.717) is 5.41 Å². The molecule has 16 heavy (non-hydrogen) atoms. The maximum absolute atomic E-state index is 8.88. The molecule has 0 radical (unpaired) electrons. The number of hydrogen-bond donors (Lipinski definition) is 0. The van der Waals surface area contributed by atoms with Crippen molar-refractivity contribution in [1.82, 2.24) is 0 Å². The van der Waals surface area contributed by atoms with Crippen molar-refractivity contribution in [3.8, 4) is 6.07 Å². The first-order valence-electron chi connectivity index (χ1n) is 5.98. The van der Waals surface area contributed by atoms with Crippen LogP contribution in [-0.4, -0.2) is 0 Å². The van der Waals surface area contributed by atoms with Gasteiger partial charge in [0.05, 0.1) is 11.6 Å². The number of nitriles is 1. The van der Waals surface area contributed by atoms with Crippen LogP contribution in [0.15, 0.2) is 18.2 Å². The van der Waals surface area contributed by atoms with Crippen LogP contribution in [0.1, 0.15) is 50.3 Å². The second-order valence-corrected chi connectivity index (χ2v) is 5.35. The minimum atomic E-state index is 0.356. The fourth-order valence-corrected chi connectivity index (χ4v) is 2.28. The topological polar surface area (TPSA) is 23.8 Å². The molecule has 0 spiro atoms. The van der Waals surface area contributed by atoms with Crippen LogP contribution in [0.3, 0.4) is 0 Å². The van der Waals surface area contributed by atoms with E-state index in [-0.39, 0.29) is 0 Å². The first kappa shape index (κ1) is 12.8. The molecule has 0 N–H and O–H groups in total. The van der Waals surface area contributed by atoms with Crippen LogP contribution in [-0.2, 0) is 6.42 Å². The Morgan fingerprint density at radius 3 is 2.50 bits per heavy atom. The van der Waals surface area contributed by atoms with Gasteiger partial charge in [0.15, 0.2) is 0 Å². The van der Waals surface area contributed by atoms with E-state index in [9.17, 15) is 0 Å². The van der Waals surface area contributed by atoms with Gasteiger partial charge >= 0.3 is 0 Å². The highest BCUT2D eigenvalue weighted by Crippen LogP contribution is 2.27. The molecule has 0 amide bonds. The number of rotatable bonds is 4. The van der Waals surface area contributed by atoms with E-state index in [2.05, 4.69) is 39.0 Å². The number of nitrogens with zero attached hydrogens (tertiary/aromatic N) is 1. The second kappa shape index (κ2) is 5.16. The van der Waals surface area contributed by atoms with Crippen molar-refractivity contribution in [3.63, 3.8) is 0 Å². The molecule has 0 aliphatic heterocycles. The summed E-state index contributed by atoms with van der Waals surface area (Å²) in [4.78, 5) is 0. The summed E-state index contributed by atoms with van der Waals surface area (Å²) in [5.41, 5.74) is 3.58. The standard InChI is InChI=1S/C15H21N/c1-5-8-15(3,4)10-13-6-7-14(11-16)12(2)9-13/h6-7,9H,5,8,10H2,1-4H3. The predicted molar refractivity (Wildman–Crippen MR) is 68.3 cm³/mol. The largest absolute Gasteiger partial charge is 0.192 e. The minimum absolute atomic E-state index is 0.356. The van der Waals surface area contributed by atoms with Gasteiger partial charge in [-0.25, -0.2) is 0 Å². The summed E-state index contributed by atoms with van der Waals surface area (Å²) in [6.07, 6.45) is 3.56. The maximum atomic E-state index is 8.88. The molecule has 86 valence electrons. The molecule has 0 aliphatic carbocycles. The van der Waals surface area contributed by atoms with Crippen LogP contribution in [0, 0.1) is 23.7 Å². The molecule has 1 aromatic carbocycles. The van der Waals surface area contributed by atoms with Gasteiger partial charge in [0.1, 0.15) is 0 Å². The fraction of sp³-hybridized carbons (Fsp3) is 0.533.